The number of aromatic nitrogens is 3. The summed E-state index contributed by atoms with van der Waals surface area (Å²) in [5, 5.41) is 0. The van der Waals surface area contributed by atoms with E-state index < -0.39 is 0 Å². The van der Waals surface area contributed by atoms with Gasteiger partial charge in [0, 0.05) is 21.8 Å². The zero-order valence-corrected chi connectivity index (χ0v) is 11.7. The number of benzene rings is 1. The van der Waals surface area contributed by atoms with Gasteiger partial charge in [-0.05, 0) is 40.2 Å². The number of nitrogens with two attached hydrogens (primary N) is 1. The van der Waals surface area contributed by atoms with E-state index in [9.17, 15) is 0 Å². The summed E-state index contributed by atoms with van der Waals surface area (Å²) < 4.78 is 5.95. The van der Waals surface area contributed by atoms with Crippen molar-refractivity contribution in [3.63, 3.8) is 0 Å². The molecule has 0 amide bonds. The third-order valence-corrected chi connectivity index (χ3v) is 3.52. The van der Waals surface area contributed by atoms with Crippen molar-refractivity contribution in [1.82, 2.24) is 15.0 Å². The summed E-state index contributed by atoms with van der Waals surface area (Å²) in [5.41, 5.74) is 8.94. The molecule has 0 saturated heterocycles. The number of halogens is 1. The highest BCUT2D eigenvalue weighted by Gasteiger charge is 2.08. The van der Waals surface area contributed by atoms with Gasteiger partial charge < -0.3 is 15.5 Å². The minimum Gasteiger partial charge on any atom is -0.481 e. The molecule has 3 rings (SSSR count). The van der Waals surface area contributed by atoms with E-state index in [-0.39, 0.29) is 0 Å². The molecule has 0 saturated carbocycles. The largest absolute Gasteiger partial charge is 0.481 e. The van der Waals surface area contributed by atoms with Gasteiger partial charge in [0.25, 0.3) is 0 Å². The van der Waals surface area contributed by atoms with Crippen molar-refractivity contribution in [3.8, 4) is 17.3 Å². The summed E-state index contributed by atoms with van der Waals surface area (Å²) in [6.07, 6.45) is 0. The summed E-state index contributed by atoms with van der Waals surface area (Å²) in [6.45, 7) is 0. The molecule has 19 heavy (non-hydrogen) atoms. The van der Waals surface area contributed by atoms with Crippen molar-refractivity contribution in [2.75, 3.05) is 12.8 Å². The van der Waals surface area contributed by atoms with E-state index in [2.05, 4.69) is 30.9 Å². The third kappa shape index (κ3) is 2.15. The lowest BCUT2D eigenvalue weighted by molar-refractivity contribution is 0.399. The molecule has 5 nitrogen and oxygen atoms in total. The number of H-pyrrole nitrogens is 1. The first-order valence-electron chi connectivity index (χ1n) is 5.63. The topological polar surface area (TPSA) is 76.8 Å². The molecular formula is C13H11BrN4O. The van der Waals surface area contributed by atoms with Gasteiger partial charge in [-0.2, -0.15) is 4.98 Å². The van der Waals surface area contributed by atoms with Gasteiger partial charge in [-0.15, -0.1) is 0 Å². The zero-order chi connectivity index (χ0) is 13.4. The summed E-state index contributed by atoms with van der Waals surface area (Å²) in [5.74, 6) is 1.27. The van der Waals surface area contributed by atoms with Crippen molar-refractivity contribution in [2.24, 2.45) is 0 Å². The van der Waals surface area contributed by atoms with Gasteiger partial charge in [-0.1, -0.05) is 0 Å². The standard InChI is InChI=1S/C13H11BrN4O/c1-19-11-5-4-10-13(17-11)18-12(16-10)7-2-3-8(14)9(15)6-7/h2-6H,15H2,1H3,(H,16,17,18). The molecule has 0 spiro atoms. The van der Waals surface area contributed by atoms with Crippen LogP contribution in [0.25, 0.3) is 22.6 Å². The van der Waals surface area contributed by atoms with Gasteiger partial charge in [0.2, 0.25) is 5.88 Å². The Hall–Kier alpha value is -2.08. The summed E-state index contributed by atoms with van der Waals surface area (Å²) in [6, 6.07) is 9.38. The van der Waals surface area contributed by atoms with Crippen LogP contribution in [0.5, 0.6) is 5.88 Å². The van der Waals surface area contributed by atoms with Crippen molar-refractivity contribution in [2.45, 2.75) is 0 Å². The SMILES string of the molecule is COc1ccc2[nH]c(-c3ccc(Br)c(N)c3)nc2n1. The molecule has 0 bridgehead atoms. The Morgan fingerprint density at radius 2 is 2.05 bits per heavy atom. The maximum absolute atomic E-state index is 5.87. The molecule has 0 aliphatic heterocycles. The van der Waals surface area contributed by atoms with E-state index in [4.69, 9.17) is 10.5 Å². The number of hydrogen-bond donors (Lipinski definition) is 2. The number of fused-ring (bicyclic) bond motifs is 1. The number of aromatic amines is 1. The van der Waals surface area contributed by atoms with Crippen molar-refractivity contribution in [3.05, 3.63) is 34.8 Å². The van der Waals surface area contributed by atoms with Crippen molar-refractivity contribution in [1.29, 1.82) is 0 Å². The molecule has 0 aliphatic rings. The molecule has 0 aliphatic carbocycles. The monoisotopic (exact) mass is 318 g/mol. The molecule has 2 heterocycles. The molecule has 6 heteroatoms. The van der Waals surface area contributed by atoms with Gasteiger partial charge >= 0.3 is 0 Å². The molecule has 0 radical (unpaired) electrons. The zero-order valence-electron chi connectivity index (χ0n) is 10.1. The molecule has 0 atom stereocenters. The van der Waals surface area contributed by atoms with E-state index >= 15 is 0 Å². The Morgan fingerprint density at radius 3 is 2.79 bits per heavy atom. The lowest BCUT2D eigenvalue weighted by Crippen LogP contribution is -1.88. The molecule has 3 N–H and O–H groups in total. The fourth-order valence-electron chi connectivity index (χ4n) is 1.82. The highest BCUT2D eigenvalue weighted by molar-refractivity contribution is 9.10. The second-order valence-electron chi connectivity index (χ2n) is 4.05. The number of anilines is 1. The van der Waals surface area contributed by atoms with Crippen LogP contribution >= 0.6 is 15.9 Å². The van der Waals surface area contributed by atoms with E-state index in [0.717, 1.165) is 21.4 Å². The summed E-state index contributed by atoms with van der Waals surface area (Å²) in [7, 11) is 1.58. The van der Waals surface area contributed by atoms with E-state index in [1.807, 2.05) is 24.3 Å². The van der Waals surface area contributed by atoms with Gasteiger partial charge in [0.1, 0.15) is 5.82 Å². The quantitative estimate of drug-likeness (QED) is 0.712. The maximum Gasteiger partial charge on any atom is 0.215 e. The van der Waals surface area contributed by atoms with Crippen LogP contribution in [0.15, 0.2) is 34.8 Å². The molecule has 0 unspecified atom stereocenters. The number of nitrogens with zero attached hydrogens (tertiary/aromatic N) is 2. The van der Waals surface area contributed by atoms with E-state index in [1.165, 1.54) is 0 Å². The fraction of sp³-hybridized carbons (Fsp3) is 0.0769. The van der Waals surface area contributed by atoms with Crippen LogP contribution in [0.4, 0.5) is 5.69 Å². The first kappa shape index (κ1) is 12.0. The average molecular weight is 319 g/mol. The summed E-state index contributed by atoms with van der Waals surface area (Å²) in [4.78, 5) is 11.9. The second-order valence-corrected chi connectivity index (χ2v) is 4.90. The molecular weight excluding hydrogens is 308 g/mol. The number of pyridine rings is 1. The summed E-state index contributed by atoms with van der Waals surface area (Å²) >= 11 is 3.37. The predicted octanol–water partition coefficient (Wildman–Crippen LogP) is 2.98. The Kier molecular flexibility index (Phi) is 2.87. The number of rotatable bonds is 2. The molecule has 0 fully saturated rings. The average Bonchev–Trinajstić information content (AvgIpc) is 2.84. The number of imidazole rings is 1. The van der Waals surface area contributed by atoms with E-state index in [0.29, 0.717) is 17.2 Å². The van der Waals surface area contributed by atoms with Crippen LogP contribution in [-0.2, 0) is 0 Å². The Morgan fingerprint density at radius 1 is 1.21 bits per heavy atom. The van der Waals surface area contributed by atoms with Crippen LogP contribution in [0.3, 0.4) is 0 Å². The molecule has 96 valence electrons. The van der Waals surface area contributed by atoms with Gasteiger partial charge in [-0.25, -0.2) is 4.98 Å². The predicted molar refractivity (Wildman–Crippen MR) is 78.0 cm³/mol. The number of methoxy groups -OCH3 is 1. The lowest BCUT2D eigenvalue weighted by Gasteiger charge is -2.00. The van der Waals surface area contributed by atoms with Crippen molar-refractivity contribution >= 4 is 32.8 Å². The van der Waals surface area contributed by atoms with Gasteiger partial charge in [0.15, 0.2) is 5.65 Å². The smallest absolute Gasteiger partial charge is 0.215 e. The number of hydrogen-bond acceptors (Lipinski definition) is 4. The number of ether oxygens (including phenoxy) is 1. The highest BCUT2D eigenvalue weighted by Crippen LogP contribution is 2.27. The van der Waals surface area contributed by atoms with Crippen LogP contribution in [0.1, 0.15) is 0 Å². The van der Waals surface area contributed by atoms with Gasteiger partial charge in [-0.3, -0.25) is 0 Å². The Balaban J connectivity index is 2.11. The lowest BCUT2D eigenvalue weighted by atomic mass is 10.2. The van der Waals surface area contributed by atoms with Crippen LogP contribution in [0, 0.1) is 0 Å². The normalized spacial score (nSPS) is 10.8. The van der Waals surface area contributed by atoms with Crippen LogP contribution < -0.4 is 10.5 Å². The molecule has 3 aromatic rings. The van der Waals surface area contributed by atoms with Crippen LogP contribution in [0.2, 0.25) is 0 Å². The fourth-order valence-corrected chi connectivity index (χ4v) is 2.06. The Bertz CT molecular complexity index is 753. The highest BCUT2D eigenvalue weighted by atomic mass is 79.9. The third-order valence-electron chi connectivity index (χ3n) is 2.80. The first-order valence-corrected chi connectivity index (χ1v) is 6.43. The van der Waals surface area contributed by atoms with E-state index in [1.54, 1.807) is 13.2 Å². The number of nitrogen functional groups attached to an aromatic ring is 1. The first-order chi connectivity index (χ1) is 9.17. The van der Waals surface area contributed by atoms with Crippen LogP contribution in [-0.4, -0.2) is 22.1 Å². The van der Waals surface area contributed by atoms with Gasteiger partial charge in [0.05, 0.1) is 12.6 Å². The minimum absolute atomic E-state index is 0.542. The maximum atomic E-state index is 5.87. The molecule has 2 aromatic heterocycles. The Labute approximate surface area is 118 Å². The number of nitrogens with one attached hydrogen (secondary N) is 1. The minimum atomic E-state index is 0.542. The second kappa shape index (κ2) is 4.55. The van der Waals surface area contributed by atoms with Crippen molar-refractivity contribution < 1.29 is 4.74 Å². The molecule has 1 aromatic carbocycles.